The standard InChI is InChI=1S/C14H25N7/c1-2-7-21(10-11-5-6-11)14-17-12(19-15)16-13(18-14)20-8-3-4-9-20/h11H,2-10,15H2,1H3,(H,16,17,18,19). The van der Waals surface area contributed by atoms with Gasteiger partial charge in [0.05, 0.1) is 0 Å². The average molecular weight is 291 g/mol. The molecule has 1 aliphatic heterocycles. The van der Waals surface area contributed by atoms with Crippen LogP contribution in [0.2, 0.25) is 0 Å². The molecular formula is C14H25N7. The molecule has 3 N–H and O–H groups in total. The normalized spacial score (nSPS) is 18.1. The fourth-order valence-corrected chi connectivity index (χ4v) is 2.77. The minimum Gasteiger partial charge on any atom is -0.341 e. The second kappa shape index (κ2) is 6.43. The zero-order valence-corrected chi connectivity index (χ0v) is 12.8. The molecule has 7 nitrogen and oxygen atoms in total. The van der Waals surface area contributed by atoms with Crippen LogP contribution in [0.15, 0.2) is 0 Å². The molecule has 0 atom stereocenters. The van der Waals surface area contributed by atoms with Gasteiger partial charge >= 0.3 is 0 Å². The summed E-state index contributed by atoms with van der Waals surface area (Å²) >= 11 is 0. The summed E-state index contributed by atoms with van der Waals surface area (Å²) in [5, 5.41) is 0. The lowest BCUT2D eigenvalue weighted by Crippen LogP contribution is -2.31. The highest BCUT2D eigenvalue weighted by molar-refractivity contribution is 5.45. The maximum Gasteiger partial charge on any atom is 0.243 e. The predicted octanol–water partition coefficient (Wildman–Crippen LogP) is 1.38. The quantitative estimate of drug-likeness (QED) is 0.580. The van der Waals surface area contributed by atoms with Gasteiger partial charge in [-0.15, -0.1) is 0 Å². The van der Waals surface area contributed by atoms with Crippen LogP contribution in [0.5, 0.6) is 0 Å². The molecule has 1 aliphatic carbocycles. The fourth-order valence-electron chi connectivity index (χ4n) is 2.77. The van der Waals surface area contributed by atoms with E-state index in [-0.39, 0.29) is 0 Å². The van der Waals surface area contributed by atoms with Crippen molar-refractivity contribution in [2.75, 3.05) is 41.4 Å². The molecule has 1 saturated heterocycles. The Hall–Kier alpha value is -1.63. The molecule has 0 radical (unpaired) electrons. The van der Waals surface area contributed by atoms with Gasteiger partial charge in [-0.05, 0) is 38.0 Å². The predicted molar refractivity (Wildman–Crippen MR) is 84.3 cm³/mol. The molecule has 3 rings (SSSR count). The van der Waals surface area contributed by atoms with Crippen LogP contribution < -0.4 is 21.1 Å². The van der Waals surface area contributed by atoms with Crippen molar-refractivity contribution in [3.05, 3.63) is 0 Å². The molecule has 21 heavy (non-hydrogen) atoms. The van der Waals surface area contributed by atoms with Crippen molar-refractivity contribution in [3.8, 4) is 0 Å². The van der Waals surface area contributed by atoms with Crippen LogP contribution in [-0.4, -0.2) is 41.1 Å². The maximum atomic E-state index is 5.53. The molecule has 0 unspecified atom stereocenters. The summed E-state index contributed by atoms with van der Waals surface area (Å²) in [5.41, 5.74) is 2.58. The Morgan fingerprint density at radius 2 is 2.00 bits per heavy atom. The van der Waals surface area contributed by atoms with E-state index in [9.17, 15) is 0 Å². The second-order valence-corrected chi connectivity index (χ2v) is 5.99. The Bertz CT molecular complexity index is 468. The molecule has 0 bridgehead atoms. The zero-order valence-electron chi connectivity index (χ0n) is 12.8. The van der Waals surface area contributed by atoms with Crippen molar-refractivity contribution in [1.29, 1.82) is 0 Å². The molecule has 1 aromatic heterocycles. The monoisotopic (exact) mass is 291 g/mol. The number of aromatic nitrogens is 3. The molecular weight excluding hydrogens is 266 g/mol. The van der Waals surface area contributed by atoms with Gasteiger partial charge in [-0.25, -0.2) is 5.84 Å². The van der Waals surface area contributed by atoms with Gasteiger partial charge in [0.25, 0.3) is 0 Å². The van der Waals surface area contributed by atoms with Crippen LogP contribution in [0.3, 0.4) is 0 Å². The number of anilines is 3. The Balaban J connectivity index is 1.85. The van der Waals surface area contributed by atoms with Gasteiger partial charge in [0.2, 0.25) is 17.8 Å². The Morgan fingerprint density at radius 1 is 1.24 bits per heavy atom. The first kappa shape index (κ1) is 14.3. The SMILES string of the molecule is CCCN(CC1CC1)c1nc(NN)nc(N2CCCC2)n1. The van der Waals surface area contributed by atoms with Crippen molar-refractivity contribution in [2.45, 2.75) is 39.0 Å². The minimum absolute atomic E-state index is 0.457. The number of nitrogens with one attached hydrogen (secondary N) is 1. The highest BCUT2D eigenvalue weighted by Gasteiger charge is 2.26. The molecule has 116 valence electrons. The third-order valence-corrected chi connectivity index (χ3v) is 4.08. The van der Waals surface area contributed by atoms with E-state index in [1.165, 1.54) is 25.7 Å². The lowest BCUT2D eigenvalue weighted by Gasteiger charge is -2.24. The smallest absolute Gasteiger partial charge is 0.243 e. The van der Waals surface area contributed by atoms with E-state index in [1.54, 1.807) is 0 Å². The van der Waals surface area contributed by atoms with Gasteiger partial charge in [-0.3, -0.25) is 5.43 Å². The Labute approximate surface area is 125 Å². The molecule has 2 heterocycles. The van der Waals surface area contributed by atoms with Gasteiger partial charge < -0.3 is 9.80 Å². The number of nitrogens with two attached hydrogens (primary N) is 1. The van der Waals surface area contributed by atoms with E-state index >= 15 is 0 Å². The van der Waals surface area contributed by atoms with Crippen LogP contribution in [0.1, 0.15) is 39.0 Å². The van der Waals surface area contributed by atoms with Crippen LogP contribution >= 0.6 is 0 Å². The molecule has 0 aromatic carbocycles. The Morgan fingerprint density at radius 3 is 2.62 bits per heavy atom. The number of nitrogens with zero attached hydrogens (tertiary/aromatic N) is 5. The average Bonchev–Trinajstić information content (AvgIpc) is 3.16. The van der Waals surface area contributed by atoms with E-state index in [0.717, 1.165) is 50.4 Å². The van der Waals surface area contributed by atoms with Gasteiger partial charge in [0, 0.05) is 26.2 Å². The summed E-state index contributed by atoms with van der Waals surface area (Å²) in [6, 6.07) is 0. The topological polar surface area (TPSA) is 83.2 Å². The van der Waals surface area contributed by atoms with Crippen molar-refractivity contribution >= 4 is 17.8 Å². The molecule has 2 aliphatic rings. The zero-order chi connectivity index (χ0) is 14.7. The van der Waals surface area contributed by atoms with Crippen molar-refractivity contribution in [2.24, 2.45) is 11.8 Å². The minimum atomic E-state index is 0.457. The first-order valence-electron chi connectivity index (χ1n) is 8.02. The van der Waals surface area contributed by atoms with Crippen LogP contribution in [0, 0.1) is 5.92 Å². The van der Waals surface area contributed by atoms with E-state index in [0.29, 0.717) is 5.95 Å². The molecule has 2 fully saturated rings. The van der Waals surface area contributed by atoms with E-state index in [4.69, 9.17) is 10.8 Å². The van der Waals surface area contributed by atoms with Crippen molar-refractivity contribution in [3.63, 3.8) is 0 Å². The molecule has 0 spiro atoms. The molecule has 1 aromatic rings. The fraction of sp³-hybridized carbons (Fsp3) is 0.786. The first-order valence-corrected chi connectivity index (χ1v) is 8.02. The number of hydrogen-bond donors (Lipinski definition) is 2. The molecule has 1 saturated carbocycles. The summed E-state index contributed by atoms with van der Waals surface area (Å²) in [4.78, 5) is 18.1. The van der Waals surface area contributed by atoms with Gasteiger partial charge in [0.1, 0.15) is 0 Å². The summed E-state index contributed by atoms with van der Waals surface area (Å²) < 4.78 is 0. The van der Waals surface area contributed by atoms with Crippen LogP contribution in [0.25, 0.3) is 0 Å². The number of hydrogen-bond acceptors (Lipinski definition) is 7. The third-order valence-electron chi connectivity index (χ3n) is 4.08. The largest absolute Gasteiger partial charge is 0.341 e. The summed E-state index contributed by atoms with van der Waals surface area (Å²) in [7, 11) is 0. The highest BCUT2D eigenvalue weighted by Crippen LogP contribution is 2.31. The van der Waals surface area contributed by atoms with Crippen LogP contribution in [0.4, 0.5) is 17.8 Å². The summed E-state index contributed by atoms with van der Waals surface area (Å²) in [6.45, 7) is 6.24. The lowest BCUT2D eigenvalue weighted by molar-refractivity contribution is 0.684. The van der Waals surface area contributed by atoms with E-state index in [2.05, 4.69) is 32.1 Å². The van der Waals surface area contributed by atoms with Crippen LogP contribution in [-0.2, 0) is 0 Å². The van der Waals surface area contributed by atoms with Gasteiger partial charge in [-0.2, -0.15) is 15.0 Å². The second-order valence-electron chi connectivity index (χ2n) is 5.99. The van der Waals surface area contributed by atoms with Gasteiger partial charge in [0.15, 0.2) is 0 Å². The summed E-state index contributed by atoms with van der Waals surface area (Å²) in [6.07, 6.45) is 6.14. The van der Waals surface area contributed by atoms with Gasteiger partial charge in [-0.1, -0.05) is 6.92 Å². The lowest BCUT2D eigenvalue weighted by atomic mass is 10.3. The highest BCUT2D eigenvalue weighted by atomic mass is 15.4. The van der Waals surface area contributed by atoms with E-state index < -0.39 is 0 Å². The van der Waals surface area contributed by atoms with Crippen molar-refractivity contribution < 1.29 is 0 Å². The molecule has 0 amide bonds. The maximum absolute atomic E-state index is 5.53. The first-order chi connectivity index (χ1) is 10.3. The summed E-state index contributed by atoms with van der Waals surface area (Å²) in [5.74, 6) is 8.31. The number of nitrogen functional groups attached to an aromatic ring is 1. The number of hydrazine groups is 1. The Kier molecular flexibility index (Phi) is 4.38. The van der Waals surface area contributed by atoms with E-state index in [1.807, 2.05) is 0 Å². The number of rotatable bonds is 7. The molecule has 7 heteroatoms. The van der Waals surface area contributed by atoms with Crippen molar-refractivity contribution in [1.82, 2.24) is 15.0 Å². The third kappa shape index (κ3) is 3.53.